The molecule has 1 aliphatic heterocycles. The first-order chi connectivity index (χ1) is 12.5. The van der Waals surface area contributed by atoms with Gasteiger partial charge in [-0.3, -0.25) is 4.79 Å². The van der Waals surface area contributed by atoms with E-state index in [0.29, 0.717) is 32.6 Å². The summed E-state index contributed by atoms with van der Waals surface area (Å²) in [5.41, 5.74) is 7.64. The van der Waals surface area contributed by atoms with E-state index in [-0.39, 0.29) is 15.7 Å². The number of rotatable bonds is 7. The monoisotopic (exact) mass is 393 g/mol. The third kappa shape index (κ3) is 3.98. The maximum absolute atomic E-state index is 13.1. The van der Waals surface area contributed by atoms with Gasteiger partial charge < -0.3 is 11.1 Å². The highest BCUT2D eigenvalue weighted by atomic mass is 32.2. The fraction of sp³-hybridized carbons (Fsp3) is 0.389. The predicted octanol–water partition coefficient (Wildman–Crippen LogP) is 1.96. The van der Waals surface area contributed by atoms with Gasteiger partial charge in [0.15, 0.2) is 0 Å². The number of nitrogens with one attached hydrogen (secondary N) is 1. The number of amides is 1. The SMILES string of the molecule is NCCCCNC(=O)c1sccc1S(=O)(=O)N1CCc2ccccc2C1. The van der Waals surface area contributed by atoms with E-state index >= 15 is 0 Å². The quantitative estimate of drug-likeness (QED) is 0.704. The van der Waals surface area contributed by atoms with Crippen LogP contribution in [0.3, 0.4) is 0 Å². The van der Waals surface area contributed by atoms with Gasteiger partial charge in [0.25, 0.3) is 5.91 Å². The number of carbonyl (C=O) groups is 1. The number of carbonyl (C=O) groups excluding carboxylic acids is 1. The van der Waals surface area contributed by atoms with E-state index in [9.17, 15) is 13.2 Å². The first-order valence-corrected chi connectivity index (χ1v) is 11.0. The van der Waals surface area contributed by atoms with Crippen LogP contribution < -0.4 is 11.1 Å². The largest absolute Gasteiger partial charge is 0.351 e. The van der Waals surface area contributed by atoms with E-state index in [1.165, 1.54) is 15.9 Å². The number of unbranched alkanes of at least 4 members (excludes halogenated alkanes) is 1. The summed E-state index contributed by atoms with van der Waals surface area (Å²) in [6.07, 6.45) is 2.28. The second kappa shape index (κ2) is 8.30. The van der Waals surface area contributed by atoms with Crippen molar-refractivity contribution in [3.63, 3.8) is 0 Å². The predicted molar refractivity (Wildman–Crippen MR) is 103 cm³/mol. The van der Waals surface area contributed by atoms with Gasteiger partial charge in [0, 0.05) is 19.6 Å². The maximum atomic E-state index is 13.1. The van der Waals surface area contributed by atoms with E-state index in [4.69, 9.17) is 5.73 Å². The van der Waals surface area contributed by atoms with Crippen LogP contribution in [0.1, 0.15) is 33.6 Å². The van der Waals surface area contributed by atoms with Gasteiger partial charge in [0.2, 0.25) is 10.0 Å². The highest BCUT2D eigenvalue weighted by Crippen LogP contribution is 2.29. The highest BCUT2D eigenvalue weighted by molar-refractivity contribution is 7.89. The Kier molecular flexibility index (Phi) is 6.08. The number of nitrogens with zero attached hydrogens (tertiary/aromatic N) is 1. The van der Waals surface area contributed by atoms with E-state index in [2.05, 4.69) is 5.32 Å². The Hall–Kier alpha value is -1.74. The molecule has 0 saturated carbocycles. The third-order valence-electron chi connectivity index (χ3n) is 4.47. The van der Waals surface area contributed by atoms with Crippen LogP contribution in [0, 0.1) is 0 Å². The van der Waals surface area contributed by atoms with Crippen molar-refractivity contribution in [1.82, 2.24) is 9.62 Å². The van der Waals surface area contributed by atoms with Crippen LogP contribution in [0.4, 0.5) is 0 Å². The summed E-state index contributed by atoms with van der Waals surface area (Å²) in [5, 5.41) is 4.44. The molecular formula is C18H23N3O3S2. The lowest BCUT2D eigenvalue weighted by atomic mass is 10.0. The molecule has 3 rings (SSSR count). The van der Waals surface area contributed by atoms with Crippen molar-refractivity contribution < 1.29 is 13.2 Å². The first kappa shape index (κ1) is 19.0. The Balaban J connectivity index is 1.77. The van der Waals surface area contributed by atoms with Crippen molar-refractivity contribution in [3.05, 3.63) is 51.7 Å². The lowest BCUT2D eigenvalue weighted by Gasteiger charge is -2.28. The van der Waals surface area contributed by atoms with Gasteiger partial charge >= 0.3 is 0 Å². The van der Waals surface area contributed by atoms with E-state index < -0.39 is 10.0 Å². The fourth-order valence-electron chi connectivity index (χ4n) is 3.03. The van der Waals surface area contributed by atoms with Gasteiger partial charge in [-0.1, -0.05) is 24.3 Å². The average Bonchev–Trinajstić information content (AvgIpc) is 3.15. The minimum absolute atomic E-state index is 0.0956. The third-order valence-corrected chi connectivity index (χ3v) is 7.40. The van der Waals surface area contributed by atoms with Crippen LogP contribution in [0.2, 0.25) is 0 Å². The average molecular weight is 394 g/mol. The Morgan fingerprint density at radius 1 is 1.19 bits per heavy atom. The zero-order valence-electron chi connectivity index (χ0n) is 14.5. The Labute approximate surface area is 158 Å². The summed E-state index contributed by atoms with van der Waals surface area (Å²) < 4.78 is 27.7. The summed E-state index contributed by atoms with van der Waals surface area (Å²) in [6.45, 7) is 1.83. The van der Waals surface area contributed by atoms with Gasteiger partial charge in [0.05, 0.1) is 0 Å². The summed E-state index contributed by atoms with van der Waals surface area (Å²) >= 11 is 1.16. The van der Waals surface area contributed by atoms with E-state index in [0.717, 1.165) is 29.7 Å². The number of hydrogen-bond donors (Lipinski definition) is 2. The zero-order chi connectivity index (χ0) is 18.6. The van der Waals surface area contributed by atoms with E-state index in [1.807, 2.05) is 24.3 Å². The molecule has 1 amide bonds. The highest BCUT2D eigenvalue weighted by Gasteiger charge is 2.32. The van der Waals surface area contributed by atoms with Gasteiger partial charge in [-0.15, -0.1) is 11.3 Å². The van der Waals surface area contributed by atoms with Gasteiger partial charge in [-0.05, 0) is 48.4 Å². The van der Waals surface area contributed by atoms with Gasteiger partial charge in [-0.25, -0.2) is 8.42 Å². The smallest absolute Gasteiger partial charge is 0.262 e. The van der Waals surface area contributed by atoms with Crippen LogP contribution >= 0.6 is 11.3 Å². The molecule has 8 heteroatoms. The Morgan fingerprint density at radius 2 is 1.96 bits per heavy atom. The zero-order valence-corrected chi connectivity index (χ0v) is 16.1. The number of hydrogen-bond acceptors (Lipinski definition) is 5. The second-order valence-electron chi connectivity index (χ2n) is 6.22. The number of sulfonamides is 1. The molecule has 0 unspecified atom stereocenters. The molecule has 1 aliphatic rings. The molecule has 0 atom stereocenters. The molecule has 0 saturated heterocycles. The molecule has 2 heterocycles. The molecule has 0 radical (unpaired) electrons. The van der Waals surface area contributed by atoms with Crippen LogP contribution in [-0.2, 0) is 23.0 Å². The van der Waals surface area contributed by atoms with Crippen LogP contribution in [0.15, 0.2) is 40.6 Å². The van der Waals surface area contributed by atoms with Crippen LogP contribution in [-0.4, -0.2) is 38.3 Å². The normalized spacial score (nSPS) is 14.8. The molecule has 0 aliphatic carbocycles. The summed E-state index contributed by atoms with van der Waals surface area (Å²) in [4.78, 5) is 12.7. The molecule has 0 spiro atoms. The summed E-state index contributed by atoms with van der Waals surface area (Å²) in [7, 11) is -3.71. The minimum Gasteiger partial charge on any atom is -0.351 e. The van der Waals surface area contributed by atoms with Crippen molar-refractivity contribution in [2.45, 2.75) is 30.7 Å². The standard InChI is InChI=1S/C18H23N3O3S2/c19-9-3-4-10-20-18(22)17-16(8-12-25-17)26(23,24)21-11-7-14-5-1-2-6-15(14)13-21/h1-2,5-6,8,12H,3-4,7,9-11,13,19H2,(H,20,22). The summed E-state index contributed by atoms with van der Waals surface area (Å²) in [5.74, 6) is -0.340. The Morgan fingerprint density at radius 3 is 2.73 bits per heavy atom. The number of thiophene rings is 1. The van der Waals surface area contributed by atoms with Gasteiger partial charge in [0.1, 0.15) is 9.77 Å². The topological polar surface area (TPSA) is 92.5 Å². The molecule has 140 valence electrons. The summed E-state index contributed by atoms with van der Waals surface area (Å²) in [6, 6.07) is 9.39. The number of nitrogens with two attached hydrogens (primary N) is 1. The van der Waals surface area contributed by atoms with Crippen molar-refractivity contribution in [2.24, 2.45) is 5.73 Å². The van der Waals surface area contributed by atoms with Crippen molar-refractivity contribution in [1.29, 1.82) is 0 Å². The molecule has 1 aromatic heterocycles. The molecule has 3 N–H and O–H groups in total. The van der Waals surface area contributed by atoms with Crippen molar-refractivity contribution in [3.8, 4) is 0 Å². The number of benzene rings is 1. The molecule has 0 fully saturated rings. The minimum atomic E-state index is -3.71. The van der Waals surface area contributed by atoms with Gasteiger partial charge in [-0.2, -0.15) is 4.31 Å². The lowest BCUT2D eigenvalue weighted by Crippen LogP contribution is -2.36. The fourth-order valence-corrected chi connectivity index (χ4v) is 5.77. The maximum Gasteiger partial charge on any atom is 0.262 e. The molecule has 2 aromatic rings. The molecule has 26 heavy (non-hydrogen) atoms. The lowest BCUT2D eigenvalue weighted by molar-refractivity contribution is 0.0954. The van der Waals surface area contributed by atoms with Crippen molar-refractivity contribution >= 4 is 27.3 Å². The van der Waals surface area contributed by atoms with Crippen LogP contribution in [0.5, 0.6) is 0 Å². The first-order valence-electron chi connectivity index (χ1n) is 8.66. The van der Waals surface area contributed by atoms with E-state index in [1.54, 1.807) is 5.38 Å². The molecule has 6 nitrogen and oxygen atoms in total. The second-order valence-corrected chi connectivity index (χ2v) is 9.05. The number of fused-ring (bicyclic) bond motifs is 1. The molecular weight excluding hydrogens is 370 g/mol. The molecule has 1 aromatic carbocycles. The van der Waals surface area contributed by atoms with Crippen molar-refractivity contribution in [2.75, 3.05) is 19.6 Å². The molecule has 0 bridgehead atoms. The Bertz CT molecular complexity index is 877. The van der Waals surface area contributed by atoms with Crippen LogP contribution in [0.25, 0.3) is 0 Å².